The van der Waals surface area contributed by atoms with Gasteiger partial charge in [-0.25, -0.2) is 0 Å². The molecule has 3 heteroatoms. The van der Waals surface area contributed by atoms with E-state index in [1.165, 1.54) is 32.1 Å². The number of rotatable bonds is 5. The van der Waals surface area contributed by atoms with Crippen molar-refractivity contribution >= 4 is 28.4 Å². The highest BCUT2D eigenvalue weighted by molar-refractivity contribution is 8.22. The number of hydrogen-bond donors (Lipinski definition) is 0. The highest BCUT2D eigenvalue weighted by Gasteiger charge is 2.20. The van der Waals surface area contributed by atoms with Crippen LogP contribution < -0.4 is 0 Å². The largest absolute Gasteiger partial charge is 0.474 e. The lowest BCUT2D eigenvalue weighted by atomic mass is 10.1. The smallest absolute Gasteiger partial charge is 0.220 e. The van der Waals surface area contributed by atoms with E-state index in [0.717, 1.165) is 10.1 Å². The Labute approximate surface area is 84.2 Å². The standard InChI is InChI=1S/C9H16OS2/c1-2-3-4-5-6-8-7-12-9(11)10-8/h8H,2-7H2,1H3/t8-/m1/s1. The molecule has 1 nitrogen and oxygen atoms in total. The Morgan fingerprint density at radius 2 is 2.33 bits per heavy atom. The van der Waals surface area contributed by atoms with Crippen LogP contribution in [0.2, 0.25) is 0 Å². The molecule has 70 valence electrons. The quantitative estimate of drug-likeness (QED) is 0.502. The van der Waals surface area contributed by atoms with E-state index in [9.17, 15) is 0 Å². The molecule has 1 fully saturated rings. The van der Waals surface area contributed by atoms with Gasteiger partial charge in [-0.15, -0.1) is 0 Å². The van der Waals surface area contributed by atoms with Gasteiger partial charge in [-0.3, -0.25) is 0 Å². The first-order valence-corrected chi connectivity index (χ1v) is 6.05. The minimum atomic E-state index is 0.416. The Morgan fingerprint density at radius 3 is 2.92 bits per heavy atom. The molecular formula is C9H16OS2. The van der Waals surface area contributed by atoms with Gasteiger partial charge < -0.3 is 4.74 Å². The van der Waals surface area contributed by atoms with Crippen molar-refractivity contribution in [1.29, 1.82) is 0 Å². The van der Waals surface area contributed by atoms with Crippen molar-refractivity contribution in [2.75, 3.05) is 5.75 Å². The maximum atomic E-state index is 5.44. The Bertz CT molecular complexity index is 147. The normalized spacial score (nSPS) is 22.8. The molecule has 1 aliphatic heterocycles. The van der Waals surface area contributed by atoms with Crippen LogP contribution in [0.1, 0.15) is 39.0 Å². The molecule has 1 atom stereocenters. The maximum Gasteiger partial charge on any atom is 0.220 e. The monoisotopic (exact) mass is 204 g/mol. The van der Waals surface area contributed by atoms with Crippen molar-refractivity contribution in [3.63, 3.8) is 0 Å². The Kier molecular flexibility index (Phi) is 5.00. The first-order chi connectivity index (χ1) is 5.83. The summed E-state index contributed by atoms with van der Waals surface area (Å²) in [6, 6.07) is 0. The lowest BCUT2D eigenvalue weighted by Crippen LogP contribution is -2.08. The summed E-state index contributed by atoms with van der Waals surface area (Å²) in [5, 5.41) is 0. The second-order valence-electron chi connectivity index (χ2n) is 3.15. The Balaban J connectivity index is 1.97. The van der Waals surface area contributed by atoms with Gasteiger partial charge in [0.25, 0.3) is 0 Å². The summed E-state index contributed by atoms with van der Waals surface area (Å²) in [6.07, 6.45) is 6.89. The predicted octanol–water partition coefficient (Wildman–Crippen LogP) is 3.37. The third-order valence-corrected chi connectivity index (χ3v) is 3.35. The van der Waals surface area contributed by atoms with Gasteiger partial charge in [-0.1, -0.05) is 37.9 Å². The fourth-order valence-electron chi connectivity index (χ4n) is 1.31. The fourth-order valence-corrected chi connectivity index (χ4v) is 2.41. The lowest BCUT2D eigenvalue weighted by Gasteiger charge is -2.07. The Morgan fingerprint density at radius 1 is 1.50 bits per heavy atom. The average molecular weight is 204 g/mol. The van der Waals surface area contributed by atoms with Crippen LogP contribution in [0.25, 0.3) is 0 Å². The number of thioether (sulfide) groups is 1. The van der Waals surface area contributed by atoms with Gasteiger partial charge in [0.1, 0.15) is 6.10 Å². The zero-order valence-corrected chi connectivity index (χ0v) is 9.18. The van der Waals surface area contributed by atoms with Crippen molar-refractivity contribution in [2.24, 2.45) is 0 Å². The van der Waals surface area contributed by atoms with E-state index < -0.39 is 0 Å². The molecule has 0 aromatic rings. The molecule has 0 radical (unpaired) electrons. The molecule has 0 bridgehead atoms. The molecule has 0 saturated carbocycles. The van der Waals surface area contributed by atoms with Crippen LogP contribution in [0.15, 0.2) is 0 Å². The van der Waals surface area contributed by atoms with Gasteiger partial charge in [0.05, 0.1) is 0 Å². The van der Waals surface area contributed by atoms with E-state index >= 15 is 0 Å². The molecule has 0 aliphatic carbocycles. The molecule has 1 heterocycles. The molecule has 12 heavy (non-hydrogen) atoms. The lowest BCUT2D eigenvalue weighted by molar-refractivity contribution is 0.219. The SMILES string of the molecule is CCCCCC[C@@H]1CSC(=S)O1. The van der Waals surface area contributed by atoms with Crippen LogP contribution in [0, 0.1) is 0 Å². The topological polar surface area (TPSA) is 9.23 Å². The third kappa shape index (κ3) is 3.76. The molecule has 0 amide bonds. The molecule has 0 aromatic carbocycles. The van der Waals surface area contributed by atoms with E-state index in [-0.39, 0.29) is 0 Å². The summed E-state index contributed by atoms with van der Waals surface area (Å²) in [5.41, 5.74) is 0. The highest BCUT2D eigenvalue weighted by atomic mass is 32.2. The van der Waals surface area contributed by atoms with Gasteiger partial charge in [-0.05, 0) is 25.1 Å². The van der Waals surface area contributed by atoms with Crippen LogP contribution >= 0.6 is 24.0 Å². The second kappa shape index (κ2) is 5.81. The van der Waals surface area contributed by atoms with Gasteiger partial charge in [0.15, 0.2) is 0 Å². The van der Waals surface area contributed by atoms with Crippen molar-refractivity contribution in [1.82, 2.24) is 0 Å². The first-order valence-electron chi connectivity index (χ1n) is 4.66. The van der Waals surface area contributed by atoms with Gasteiger partial charge in [-0.2, -0.15) is 0 Å². The van der Waals surface area contributed by atoms with Crippen LogP contribution in [0.4, 0.5) is 0 Å². The van der Waals surface area contributed by atoms with Crippen molar-refractivity contribution in [3.05, 3.63) is 0 Å². The molecule has 1 rings (SSSR count). The minimum Gasteiger partial charge on any atom is -0.474 e. The number of ether oxygens (including phenoxy) is 1. The zero-order chi connectivity index (χ0) is 8.81. The van der Waals surface area contributed by atoms with E-state index in [2.05, 4.69) is 6.92 Å². The van der Waals surface area contributed by atoms with Gasteiger partial charge >= 0.3 is 0 Å². The molecule has 0 spiro atoms. The molecule has 1 aliphatic rings. The molecule has 0 unspecified atom stereocenters. The summed E-state index contributed by atoms with van der Waals surface area (Å²) >= 11 is 6.62. The molecule has 1 saturated heterocycles. The zero-order valence-electron chi connectivity index (χ0n) is 7.54. The molecule has 0 N–H and O–H groups in total. The average Bonchev–Trinajstić information content (AvgIpc) is 2.45. The van der Waals surface area contributed by atoms with Gasteiger partial charge in [0, 0.05) is 5.75 Å². The Hall–Kier alpha value is 0.240. The van der Waals surface area contributed by atoms with E-state index in [1.807, 2.05) is 0 Å². The summed E-state index contributed by atoms with van der Waals surface area (Å²) in [6.45, 7) is 2.23. The first kappa shape index (κ1) is 10.3. The summed E-state index contributed by atoms with van der Waals surface area (Å²) in [5.74, 6) is 1.07. The van der Waals surface area contributed by atoms with Crippen LogP contribution in [0.5, 0.6) is 0 Å². The number of unbranched alkanes of at least 4 members (excludes halogenated alkanes) is 3. The summed E-state index contributed by atoms with van der Waals surface area (Å²) in [4.78, 5) is 0. The van der Waals surface area contributed by atoms with Crippen LogP contribution in [-0.4, -0.2) is 16.2 Å². The van der Waals surface area contributed by atoms with Gasteiger partial charge in [0.2, 0.25) is 4.38 Å². The number of thiocarbonyl (C=S) groups is 1. The van der Waals surface area contributed by atoms with E-state index in [4.69, 9.17) is 17.0 Å². The summed E-state index contributed by atoms with van der Waals surface area (Å²) in [7, 11) is 0. The summed E-state index contributed by atoms with van der Waals surface area (Å²) < 4.78 is 6.18. The van der Waals surface area contributed by atoms with Crippen LogP contribution in [-0.2, 0) is 4.74 Å². The maximum absolute atomic E-state index is 5.44. The predicted molar refractivity (Wildman–Crippen MR) is 58.7 cm³/mol. The van der Waals surface area contributed by atoms with Crippen molar-refractivity contribution in [2.45, 2.75) is 45.1 Å². The molecular weight excluding hydrogens is 188 g/mol. The van der Waals surface area contributed by atoms with Crippen molar-refractivity contribution < 1.29 is 4.74 Å². The van der Waals surface area contributed by atoms with Crippen LogP contribution in [0.3, 0.4) is 0 Å². The highest BCUT2D eigenvalue weighted by Crippen LogP contribution is 2.23. The fraction of sp³-hybridized carbons (Fsp3) is 0.889. The van der Waals surface area contributed by atoms with E-state index in [0.29, 0.717) is 6.10 Å². The minimum absolute atomic E-state index is 0.416. The second-order valence-corrected chi connectivity index (χ2v) is 4.77. The molecule has 0 aromatic heterocycles. The van der Waals surface area contributed by atoms with Crippen molar-refractivity contribution in [3.8, 4) is 0 Å². The number of hydrogen-bond acceptors (Lipinski definition) is 3. The third-order valence-electron chi connectivity index (χ3n) is 2.03. The van der Waals surface area contributed by atoms with E-state index in [1.54, 1.807) is 11.8 Å².